The van der Waals surface area contributed by atoms with Gasteiger partial charge in [0.05, 0.1) is 13.2 Å². The van der Waals surface area contributed by atoms with E-state index >= 15 is 0 Å². The average Bonchev–Trinajstić information content (AvgIpc) is 3.20. The number of nitrogens with zero attached hydrogens (tertiary/aromatic N) is 2. The number of aryl methyl sites for hydroxylation is 1. The Bertz CT molecular complexity index is 1040. The Kier molecular flexibility index (Phi) is 8.85. The van der Waals surface area contributed by atoms with Crippen molar-refractivity contribution in [3.63, 3.8) is 0 Å². The van der Waals surface area contributed by atoms with Crippen molar-refractivity contribution in [3.05, 3.63) is 92.6 Å². The highest BCUT2D eigenvalue weighted by Crippen LogP contribution is 2.20. The number of benzene rings is 2. The van der Waals surface area contributed by atoms with E-state index in [1.807, 2.05) is 42.6 Å². The summed E-state index contributed by atoms with van der Waals surface area (Å²) >= 11 is 7.70. The van der Waals surface area contributed by atoms with Crippen LogP contribution in [0.25, 0.3) is 0 Å². The number of carbonyl (C=O) groups excluding carboxylic acids is 2. The van der Waals surface area contributed by atoms with Crippen LogP contribution in [0.5, 0.6) is 0 Å². The lowest BCUT2D eigenvalue weighted by molar-refractivity contribution is -0.133. The van der Waals surface area contributed by atoms with Crippen LogP contribution in [0.1, 0.15) is 26.4 Å². The molecule has 0 saturated carbocycles. The summed E-state index contributed by atoms with van der Waals surface area (Å²) in [6.45, 7) is 3.63. The van der Waals surface area contributed by atoms with Gasteiger partial charge in [-0.25, -0.2) is 0 Å². The maximum absolute atomic E-state index is 13.4. The molecule has 1 aromatic heterocycles. The van der Waals surface area contributed by atoms with Crippen molar-refractivity contribution in [3.8, 4) is 0 Å². The minimum absolute atomic E-state index is 0.0358. The zero-order valence-electron chi connectivity index (χ0n) is 18.3. The fourth-order valence-electron chi connectivity index (χ4n) is 3.30. The molecule has 0 bridgehead atoms. The van der Waals surface area contributed by atoms with Gasteiger partial charge in [0.25, 0.3) is 5.91 Å². The van der Waals surface area contributed by atoms with E-state index in [4.69, 9.17) is 16.3 Å². The number of amides is 2. The van der Waals surface area contributed by atoms with E-state index in [1.54, 1.807) is 47.6 Å². The molecular formula is C25H27ClN2O3S. The monoisotopic (exact) mass is 470 g/mol. The molecule has 1 heterocycles. The molecule has 3 rings (SSSR count). The number of thiophene rings is 1. The molecule has 0 saturated heterocycles. The highest BCUT2D eigenvalue weighted by Gasteiger charge is 2.23. The molecule has 2 amide bonds. The Balaban J connectivity index is 1.81. The summed E-state index contributed by atoms with van der Waals surface area (Å²) in [6.07, 6.45) is 0. The zero-order chi connectivity index (χ0) is 22.9. The first-order chi connectivity index (χ1) is 15.5. The molecule has 0 aliphatic rings. The lowest BCUT2D eigenvalue weighted by atomic mass is 10.2. The Labute approximate surface area is 198 Å². The van der Waals surface area contributed by atoms with Gasteiger partial charge in [0, 0.05) is 35.7 Å². The van der Waals surface area contributed by atoms with Crippen molar-refractivity contribution in [2.24, 2.45) is 0 Å². The standard InChI is InChI=1S/C25H27ClN2O3S/c1-19-11-14-32-23(19)17-28(16-20-7-4-3-5-8-20)24(29)18-27(12-13-31-2)25(30)21-9-6-10-22(26)15-21/h3-11,14-15H,12-13,16-18H2,1-2H3. The molecule has 0 spiro atoms. The summed E-state index contributed by atoms with van der Waals surface area (Å²) < 4.78 is 5.18. The van der Waals surface area contributed by atoms with Crippen LogP contribution in [-0.4, -0.2) is 48.4 Å². The smallest absolute Gasteiger partial charge is 0.254 e. The molecule has 0 radical (unpaired) electrons. The fourth-order valence-corrected chi connectivity index (χ4v) is 4.41. The Morgan fingerprint density at radius 3 is 2.44 bits per heavy atom. The second kappa shape index (κ2) is 11.8. The van der Waals surface area contributed by atoms with Crippen molar-refractivity contribution >= 4 is 34.8 Å². The van der Waals surface area contributed by atoms with Gasteiger partial charge < -0.3 is 14.5 Å². The van der Waals surface area contributed by atoms with Crippen LogP contribution >= 0.6 is 22.9 Å². The van der Waals surface area contributed by atoms with Gasteiger partial charge in [0.2, 0.25) is 5.91 Å². The number of hydrogen-bond acceptors (Lipinski definition) is 4. The van der Waals surface area contributed by atoms with E-state index in [-0.39, 0.29) is 18.4 Å². The molecule has 3 aromatic rings. The third kappa shape index (κ3) is 6.66. The third-order valence-corrected chi connectivity index (χ3v) is 6.36. The van der Waals surface area contributed by atoms with Gasteiger partial charge in [-0.3, -0.25) is 9.59 Å². The minimum atomic E-state index is -0.245. The number of ether oxygens (including phenoxy) is 1. The van der Waals surface area contributed by atoms with Gasteiger partial charge in [0.1, 0.15) is 6.54 Å². The van der Waals surface area contributed by atoms with Crippen LogP contribution in [0.3, 0.4) is 0 Å². The minimum Gasteiger partial charge on any atom is -0.383 e. The summed E-state index contributed by atoms with van der Waals surface area (Å²) in [7, 11) is 1.57. The molecule has 168 valence electrons. The third-order valence-electron chi connectivity index (χ3n) is 5.12. The Hall–Kier alpha value is -2.67. The van der Waals surface area contributed by atoms with Crippen LogP contribution < -0.4 is 0 Å². The molecule has 0 fully saturated rings. The zero-order valence-corrected chi connectivity index (χ0v) is 19.9. The molecule has 5 nitrogen and oxygen atoms in total. The van der Waals surface area contributed by atoms with E-state index < -0.39 is 0 Å². The maximum atomic E-state index is 13.4. The first kappa shape index (κ1) is 24.0. The SMILES string of the molecule is COCCN(CC(=O)N(Cc1ccccc1)Cc1sccc1C)C(=O)c1cccc(Cl)c1. The van der Waals surface area contributed by atoms with Crippen molar-refractivity contribution in [2.45, 2.75) is 20.0 Å². The van der Waals surface area contributed by atoms with Crippen LogP contribution in [-0.2, 0) is 22.6 Å². The summed E-state index contributed by atoms with van der Waals surface area (Å²) in [6, 6.07) is 18.7. The van der Waals surface area contributed by atoms with Crippen molar-refractivity contribution in [1.82, 2.24) is 9.80 Å². The molecule has 0 atom stereocenters. The topological polar surface area (TPSA) is 49.9 Å². The molecule has 0 aliphatic carbocycles. The van der Waals surface area contributed by atoms with Gasteiger partial charge in [-0.2, -0.15) is 0 Å². The summed E-state index contributed by atoms with van der Waals surface area (Å²) in [5.74, 6) is -0.363. The number of rotatable bonds is 10. The lowest BCUT2D eigenvalue weighted by Gasteiger charge is -2.28. The van der Waals surface area contributed by atoms with Gasteiger partial charge in [-0.15, -0.1) is 11.3 Å². The second-order valence-electron chi connectivity index (χ2n) is 7.49. The predicted octanol–water partition coefficient (Wildman–Crippen LogP) is 5.03. The molecular weight excluding hydrogens is 444 g/mol. The van der Waals surface area contributed by atoms with Crippen molar-refractivity contribution in [1.29, 1.82) is 0 Å². The van der Waals surface area contributed by atoms with E-state index in [0.29, 0.717) is 36.8 Å². The van der Waals surface area contributed by atoms with Gasteiger partial charge in [-0.1, -0.05) is 48.0 Å². The Morgan fingerprint density at radius 1 is 1.00 bits per heavy atom. The quantitative estimate of drug-likeness (QED) is 0.417. The first-order valence-corrected chi connectivity index (χ1v) is 11.6. The van der Waals surface area contributed by atoms with Crippen LogP contribution in [0.15, 0.2) is 66.0 Å². The molecule has 32 heavy (non-hydrogen) atoms. The lowest BCUT2D eigenvalue weighted by Crippen LogP contribution is -2.43. The van der Waals surface area contributed by atoms with Crippen molar-refractivity contribution < 1.29 is 14.3 Å². The molecule has 2 aromatic carbocycles. The van der Waals surface area contributed by atoms with Crippen LogP contribution in [0.4, 0.5) is 0 Å². The molecule has 0 unspecified atom stereocenters. The molecule has 0 N–H and O–H groups in total. The second-order valence-corrected chi connectivity index (χ2v) is 8.93. The van der Waals surface area contributed by atoms with E-state index in [1.165, 1.54) is 4.90 Å². The number of carbonyl (C=O) groups is 2. The van der Waals surface area contributed by atoms with E-state index in [0.717, 1.165) is 16.0 Å². The normalized spacial score (nSPS) is 10.7. The highest BCUT2D eigenvalue weighted by molar-refractivity contribution is 7.10. The van der Waals surface area contributed by atoms with E-state index in [9.17, 15) is 9.59 Å². The largest absolute Gasteiger partial charge is 0.383 e. The number of methoxy groups -OCH3 is 1. The predicted molar refractivity (Wildman–Crippen MR) is 129 cm³/mol. The molecule has 0 aliphatic heterocycles. The number of hydrogen-bond donors (Lipinski definition) is 0. The fraction of sp³-hybridized carbons (Fsp3) is 0.280. The molecule has 7 heteroatoms. The van der Waals surface area contributed by atoms with Gasteiger partial charge in [0.15, 0.2) is 0 Å². The summed E-state index contributed by atoms with van der Waals surface area (Å²) in [5.41, 5.74) is 2.65. The van der Waals surface area contributed by atoms with Gasteiger partial charge in [-0.05, 0) is 47.7 Å². The Morgan fingerprint density at radius 2 is 1.78 bits per heavy atom. The van der Waals surface area contributed by atoms with E-state index in [2.05, 4.69) is 6.07 Å². The van der Waals surface area contributed by atoms with Crippen LogP contribution in [0.2, 0.25) is 5.02 Å². The summed E-state index contributed by atoms with van der Waals surface area (Å²) in [5, 5.41) is 2.51. The highest BCUT2D eigenvalue weighted by atomic mass is 35.5. The summed E-state index contributed by atoms with van der Waals surface area (Å²) in [4.78, 5) is 31.0. The first-order valence-electron chi connectivity index (χ1n) is 10.4. The maximum Gasteiger partial charge on any atom is 0.254 e. The number of halogens is 1. The van der Waals surface area contributed by atoms with Crippen LogP contribution in [0, 0.1) is 6.92 Å². The van der Waals surface area contributed by atoms with Crippen molar-refractivity contribution in [2.75, 3.05) is 26.8 Å². The average molecular weight is 471 g/mol. The van der Waals surface area contributed by atoms with Gasteiger partial charge >= 0.3 is 0 Å².